The molecule has 0 fully saturated rings. The molecular formula is C15H10BrFO. The summed E-state index contributed by atoms with van der Waals surface area (Å²) in [5.74, 6) is -0.0408. The number of fused-ring (bicyclic) bond motifs is 1. The first-order chi connectivity index (χ1) is 8.65. The Hall–Kier alpha value is -1.48. The quantitative estimate of drug-likeness (QED) is 0.767. The van der Waals surface area contributed by atoms with E-state index in [-0.39, 0.29) is 17.5 Å². The van der Waals surface area contributed by atoms with Gasteiger partial charge in [-0.3, -0.25) is 4.79 Å². The highest BCUT2D eigenvalue weighted by molar-refractivity contribution is 9.10. The monoisotopic (exact) mass is 304 g/mol. The molecule has 1 atom stereocenters. The molecular weight excluding hydrogens is 295 g/mol. The van der Waals surface area contributed by atoms with E-state index in [9.17, 15) is 9.18 Å². The second kappa shape index (κ2) is 4.32. The Bertz CT molecular complexity index is 619. The van der Waals surface area contributed by atoms with E-state index in [1.165, 1.54) is 12.1 Å². The topological polar surface area (TPSA) is 17.1 Å². The van der Waals surface area contributed by atoms with Gasteiger partial charge in [-0.1, -0.05) is 34.1 Å². The highest BCUT2D eigenvalue weighted by Gasteiger charge is 2.30. The molecule has 0 spiro atoms. The molecule has 2 aromatic carbocycles. The van der Waals surface area contributed by atoms with Gasteiger partial charge in [-0.05, 0) is 35.4 Å². The van der Waals surface area contributed by atoms with Crippen molar-refractivity contribution in [2.45, 2.75) is 12.3 Å². The lowest BCUT2D eigenvalue weighted by Crippen LogP contribution is -1.96. The largest absolute Gasteiger partial charge is 0.294 e. The van der Waals surface area contributed by atoms with Gasteiger partial charge in [0.15, 0.2) is 5.78 Å². The van der Waals surface area contributed by atoms with Crippen molar-refractivity contribution in [3.63, 3.8) is 0 Å². The zero-order valence-electron chi connectivity index (χ0n) is 9.49. The average Bonchev–Trinajstić information content (AvgIpc) is 2.68. The van der Waals surface area contributed by atoms with E-state index in [0.29, 0.717) is 6.42 Å². The Labute approximate surface area is 113 Å². The summed E-state index contributed by atoms with van der Waals surface area (Å²) in [6, 6.07) is 12.2. The zero-order chi connectivity index (χ0) is 12.7. The van der Waals surface area contributed by atoms with Crippen LogP contribution in [0.5, 0.6) is 0 Å². The molecule has 0 amide bonds. The van der Waals surface area contributed by atoms with Crippen molar-refractivity contribution in [3.05, 3.63) is 69.4 Å². The van der Waals surface area contributed by atoms with Crippen molar-refractivity contribution in [2.75, 3.05) is 0 Å². The summed E-state index contributed by atoms with van der Waals surface area (Å²) in [6.07, 6.45) is 0.470. The summed E-state index contributed by atoms with van der Waals surface area (Å²) in [7, 11) is 0. The molecule has 3 heteroatoms. The van der Waals surface area contributed by atoms with E-state index in [4.69, 9.17) is 0 Å². The highest BCUT2D eigenvalue weighted by atomic mass is 79.9. The van der Waals surface area contributed by atoms with Crippen LogP contribution in [-0.2, 0) is 0 Å². The fraction of sp³-hybridized carbons (Fsp3) is 0.133. The van der Waals surface area contributed by atoms with Gasteiger partial charge in [0.2, 0.25) is 0 Å². The van der Waals surface area contributed by atoms with E-state index in [2.05, 4.69) is 15.9 Å². The number of hydrogen-bond donors (Lipinski definition) is 0. The van der Waals surface area contributed by atoms with Gasteiger partial charge in [-0.25, -0.2) is 4.39 Å². The molecule has 0 heterocycles. The standard InChI is InChI=1S/C15H10BrFO/c16-10-3-6-12-13(8-15(18)14(12)7-10)9-1-4-11(17)5-2-9/h1-7,13H,8H2/t13-/m1/s1. The fourth-order valence-electron chi connectivity index (χ4n) is 2.47. The van der Waals surface area contributed by atoms with Crippen LogP contribution in [0.1, 0.15) is 33.8 Å². The lowest BCUT2D eigenvalue weighted by Gasteiger charge is -2.11. The molecule has 1 aliphatic rings. The molecule has 0 saturated carbocycles. The van der Waals surface area contributed by atoms with Crippen molar-refractivity contribution in [3.8, 4) is 0 Å². The van der Waals surface area contributed by atoms with Crippen molar-refractivity contribution >= 4 is 21.7 Å². The molecule has 0 bridgehead atoms. The predicted octanol–water partition coefficient (Wildman–Crippen LogP) is 4.31. The van der Waals surface area contributed by atoms with Gasteiger partial charge >= 0.3 is 0 Å². The van der Waals surface area contributed by atoms with Gasteiger partial charge in [-0.15, -0.1) is 0 Å². The minimum absolute atomic E-state index is 0.0567. The minimum atomic E-state index is -0.251. The molecule has 0 radical (unpaired) electrons. The lowest BCUT2D eigenvalue weighted by molar-refractivity contribution is 0.0991. The number of hydrogen-bond acceptors (Lipinski definition) is 1. The first-order valence-electron chi connectivity index (χ1n) is 5.73. The molecule has 0 aliphatic heterocycles. The SMILES string of the molecule is O=C1C[C@H](c2ccc(F)cc2)c2ccc(Br)cc21. The molecule has 3 rings (SSSR count). The van der Waals surface area contributed by atoms with Crippen LogP contribution >= 0.6 is 15.9 Å². The van der Waals surface area contributed by atoms with E-state index < -0.39 is 0 Å². The number of benzene rings is 2. The third kappa shape index (κ3) is 1.89. The van der Waals surface area contributed by atoms with Crippen LogP contribution in [0, 0.1) is 5.82 Å². The van der Waals surface area contributed by atoms with Gasteiger partial charge in [0.25, 0.3) is 0 Å². The third-order valence-electron chi connectivity index (χ3n) is 3.35. The van der Waals surface area contributed by atoms with Crippen LogP contribution in [0.15, 0.2) is 46.9 Å². The first kappa shape index (κ1) is 11.6. The normalized spacial score (nSPS) is 17.9. The zero-order valence-corrected chi connectivity index (χ0v) is 11.1. The number of ketones is 1. The molecule has 1 nitrogen and oxygen atoms in total. The summed E-state index contributed by atoms with van der Waals surface area (Å²) in [6.45, 7) is 0. The van der Waals surface area contributed by atoms with E-state index >= 15 is 0 Å². The Balaban J connectivity index is 2.07. The Morgan fingerprint density at radius 2 is 1.83 bits per heavy atom. The van der Waals surface area contributed by atoms with E-state index in [0.717, 1.165) is 21.2 Å². The van der Waals surface area contributed by atoms with Crippen LogP contribution in [0.2, 0.25) is 0 Å². The molecule has 0 N–H and O–H groups in total. The van der Waals surface area contributed by atoms with Crippen molar-refractivity contribution in [1.29, 1.82) is 0 Å². The highest BCUT2D eigenvalue weighted by Crippen LogP contribution is 2.39. The van der Waals surface area contributed by atoms with E-state index in [1.807, 2.05) is 18.2 Å². The smallest absolute Gasteiger partial charge is 0.164 e. The van der Waals surface area contributed by atoms with Gasteiger partial charge in [0.05, 0.1) is 0 Å². The van der Waals surface area contributed by atoms with Gasteiger partial charge < -0.3 is 0 Å². The average molecular weight is 305 g/mol. The van der Waals surface area contributed by atoms with Crippen LogP contribution in [0.3, 0.4) is 0 Å². The summed E-state index contributed by atoms with van der Waals surface area (Å²) >= 11 is 3.38. The van der Waals surface area contributed by atoms with Crippen molar-refractivity contribution in [2.24, 2.45) is 0 Å². The minimum Gasteiger partial charge on any atom is -0.294 e. The number of carbonyl (C=O) groups excluding carboxylic acids is 1. The van der Waals surface area contributed by atoms with Crippen LogP contribution in [0.25, 0.3) is 0 Å². The molecule has 18 heavy (non-hydrogen) atoms. The number of carbonyl (C=O) groups is 1. The molecule has 0 unspecified atom stereocenters. The van der Waals surface area contributed by atoms with Crippen LogP contribution in [-0.4, -0.2) is 5.78 Å². The molecule has 0 aromatic heterocycles. The second-order valence-electron chi connectivity index (χ2n) is 4.46. The first-order valence-corrected chi connectivity index (χ1v) is 6.52. The molecule has 1 aliphatic carbocycles. The Morgan fingerprint density at radius 3 is 2.56 bits per heavy atom. The maximum absolute atomic E-state index is 12.9. The molecule has 0 saturated heterocycles. The van der Waals surface area contributed by atoms with E-state index in [1.54, 1.807) is 12.1 Å². The van der Waals surface area contributed by atoms with Gasteiger partial charge in [0.1, 0.15) is 5.82 Å². The predicted molar refractivity (Wildman–Crippen MR) is 71.3 cm³/mol. The van der Waals surface area contributed by atoms with Crippen LogP contribution < -0.4 is 0 Å². The molecule has 90 valence electrons. The van der Waals surface area contributed by atoms with Gasteiger partial charge in [-0.2, -0.15) is 0 Å². The van der Waals surface area contributed by atoms with Crippen molar-refractivity contribution < 1.29 is 9.18 Å². The summed E-state index contributed by atoms with van der Waals surface area (Å²) in [4.78, 5) is 12.0. The number of Topliss-reactive ketones (excluding diaryl/α,β-unsaturated/α-hetero) is 1. The second-order valence-corrected chi connectivity index (χ2v) is 5.38. The number of rotatable bonds is 1. The van der Waals surface area contributed by atoms with Gasteiger partial charge in [0, 0.05) is 22.4 Å². The molecule has 2 aromatic rings. The fourth-order valence-corrected chi connectivity index (χ4v) is 2.83. The lowest BCUT2D eigenvalue weighted by atomic mass is 9.93. The van der Waals surface area contributed by atoms with Crippen molar-refractivity contribution in [1.82, 2.24) is 0 Å². The Morgan fingerprint density at radius 1 is 1.11 bits per heavy atom. The number of halogens is 2. The maximum Gasteiger partial charge on any atom is 0.164 e. The summed E-state index contributed by atoms with van der Waals surface area (Å²) in [5.41, 5.74) is 2.80. The maximum atomic E-state index is 12.9. The summed E-state index contributed by atoms with van der Waals surface area (Å²) in [5, 5.41) is 0. The Kier molecular flexibility index (Phi) is 2.78. The summed E-state index contributed by atoms with van der Waals surface area (Å²) < 4.78 is 13.8. The third-order valence-corrected chi connectivity index (χ3v) is 3.85. The van der Waals surface area contributed by atoms with Crippen LogP contribution in [0.4, 0.5) is 4.39 Å².